The van der Waals surface area contributed by atoms with E-state index in [2.05, 4.69) is 12.6 Å². The van der Waals surface area contributed by atoms with Gasteiger partial charge in [0.1, 0.15) is 5.82 Å². The Bertz CT molecular complexity index is 357. The third kappa shape index (κ3) is 1.95. The van der Waals surface area contributed by atoms with Crippen LogP contribution in [-0.4, -0.2) is 4.92 Å². The highest BCUT2D eigenvalue weighted by Gasteiger charge is 2.17. The number of hydrogen-bond donors (Lipinski definition) is 1. The van der Waals surface area contributed by atoms with Crippen molar-refractivity contribution in [1.29, 1.82) is 0 Å². The van der Waals surface area contributed by atoms with Crippen LogP contribution in [0.4, 0.5) is 14.5 Å². The van der Waals surface area contributed by atoms with Crippen LogP contribution in [0.5, 0.6) is 0 Å². The number of nitro benzene ring substituents is 1. The van der Waals surface area contributed by atoms with Gasteiger partial charge in [-0.1, -0.05) is 0 Å². The third-order valence-electron chi connectivity index (χ3n) is 1.48. The molecule has 0 aliphatic carbocycles. The van der Waals surface area contributed by atoms with Crippen molar-refractivity contribution in [3.05, 3.63) is 39.4 Å². The number of hydrogen-bond acceptors (Lipinski definition) is 3. The zero-order chi connectivity index (χ0) is 10.0. The minimum Gasteiger partial charge on any atom is -0.258 e. The van der Waals surface area contributed by atoms with E-state index in [0.717, 1.165) is 6.07 Å². The summed E-state index contributed by atoms with van der Waals surface area (Å²) in [7, 11) is 0. The molecule has 70 valence electrons. The Kier molecular flexibility index (Phi) is 2.82. The van der Waals surface area contributed by atoms with Gasteiger partial charge in [0.15, 0.2) is 0 Å². The van der Waals surface area contributed by atoms with Crippen LogP contribution in [0.25, 0.3) is 0 Å². The molecular formula is C7H5F2NO2S. The fourth-order valence-electron chi connectivity index (χ4n) is 0.842. The highest BCUT2D eigenvalue weighted by Crippen LogP contribution is 2.22. The van der Waals surface area contributed by atoms with Gasteiger partial charge in [0.2, 0.25) is 5.82 Å². The molecule has 0 aliphatic rings. The average molecular weight is 205 g/mol. The number of nitrogens with zero attached hydrogens (tertiary/aromatic N) is 1. The van der Waals surface area contributed by atoms with Crippen molar-refractivity contribution in [2.45, 2.75) is 5.75 Å². The number of rotatable bonds is 2. The van der Waals surface area contributed by atoms with Crippen molar-refractivity contribution in [1.82, 2.24) is 0 Å². The van der Waals surface area contributed by atoms with Gasteiger partial charge in [-0.05, 0) is 0 Å². The van der Waals surface area contributed by atoms with E-state index in [-0.39, 0.29) is 11.3 Å². The first-order valence-corrected chi connectivity index (χ1v) is 3.92. The smallest absolute Gasteiger partial charge is 0.258 e. The van der Waals surface area contributed by atoms with Gasteiger partial charge >= 0.3 is 5.69 Å². The van der Waals surface area contributed by atoms with E-state index in [1.807, 2.05) is 0 Å². The second-order valence-electron chi connectivity index (χ2n) is 2.31. The van der Waals surface area contributed by atoms with E-state index in [0.29, 0.717) is 6.07 Å². The molecule has 0 bridgehead atoms. The molecule has 0 saturated heterocycles. The maximum atomic E-state index is 12.8. The average Bonchev–Trinajstić information content (AvgIpc) is 2.03. The molecular weight excluding hydrogens is 200 g/mol. The van der Waals surface area contributed by atoms with E-state index in [4.69, 9.17) is 0 Å². The Balaban J connectivity index is 3.30. The summed E-state index contributed by atoms with van der Waals surface area (Å²) in [6, 6.07) is 1.33. The Morgan fingerprint density at radius 1 is 1.38 bits per heavy atom. The van der Waals surface area contributed by atoms with Crippen molar-refractivity contribution in [2.24, 2.45) is 0 Å². The first-order chi connectivity index (χ1) is 6.06. The minimum atomic E-state index is -1.17. The molecule has 1 rings (SSSR count). The molecule has 1 aromatic rings. The van der Waals surface area contributed by atoms with Crippen molar-refractivity contribution in [3.8, 4) is 0 Å². The first kappa shape index (κ1) is 9.91. The highest BCUT2D eigenvalue weighted by molar-refractivity contribution is 7.79. The van der Waals surface area contributed by atoms with Crippen LogP contribution in [0.15, 0.2) is 12.1 Å². The predicted octanol–water partition coefficient (Wildman–Crippen LogP) is 2.30. The molecule has 0 heterocycles. The maximum absolute atomic E-state index is 12.8. The van der Waals surface area contributed by atoms with E-state index >= 15 is 0 Å². The standard InChI is InChI=1S/C7H5F2NO2S/c8-5-2-6(9)7(10(11)12)1-4(5)3-13/h1-2,13H,3H2. The van der Waals surface area contributed by atoms with Crippen LogP contribution < -0.4 is 0 Å². The first-order valence-electron chi connectivity index (χ1n) is 3.29. The Hall–Kier alpha value is -1.17. The van der Waals surface area contributed by atoms with Gasteiger partial charge in [0, 0.05) is 23.4 Å². The molecule has 0 radical (unpaired) electrons. The number of thiol groups is 1. The van der Waals surface area contributed by atoms with Crippen LogP contribution in [0.2, 0.25) is 0 Å². The Labute approximate surface area is 77.9 Å². The van der Waals surface area contributed by atoms with Crippen LogP contribution in [0, 0.1) is 21.7 Å². The van der Waals surface area contributed by atoms with Gasteiger partial charge < -0.3 is 0 Å². The Morgan fingerprint density at radius 3 is 2.46 bits per heavy atom. The van der Waals surface area contributed by atoms with Gasteiger partial charge in [0.25, 0.3) is 0 Å². The lowest BCUT2D eigenvalue weighted by Gasteiger charge is -1.99. The van der Waals surface area contributed by atoms with E-state index < -0.39 is 22.2 Å². The fourth-order valence-corrected chi connectivity index (χ4v) is 1.08. The zero-order valence-corrected chi connectivity index (χ0v) is 7.22. The van der Waals surface area contributed by atoms with E-state index in [1.54, 1.807) is 0 Å². The summed E-state index contributed by atoms with van der Waals surface area (Å²) < 4.78 is 25.5. The van der Waals surface area contributed by atoms with Crippen molar-refractivity contribution in [2.75, 3.05) is 0 Å². The van der Waals surface area contributed by atoms with Crippen LogP contribution in [-0.2, 0) is 5.75 Å². The molecule has 1 aromatic carbocycles. The van der Waals surface area contributed by atoms with Gasteiger partial charge in [-0.25, -0.2) is 4.39 Å². The summed E-state index contributed by atoms with van der Waals surface area (Å²) in [6.45, 7) is 0. The zero-order valence-electron chi connectivity index (χ0n) is 6.33. The molecule has 13 heavy (non-hydrogen) atoms. The normalized spacial score (nSPS) is 10.1. The fraction of sp³-hybridized carbons (Fsp3) is 0.143. The number of nitro groups is 1. The molecule has 0 aliphatic heterocycles. The molecule has 0 unspecified atom stereocenters. The van der Waals surface area contributed by atoms with Gasteiger partial charge in [-0.3, -0.25) is 10.1 Å². The van der Waals surface area contributed by atoms with Crippen molar-refractivity contribution >= 4 is 18.3 Å². The molecule has 0 N–H and O–H groups in total. The number of halogens is 2. The van der Waals surface area contributed by atoms with Gasteiger partial charge in [-0.15, -0.1) is 0 Å². The molecule has 0 aromatic heterocycles. The summed E-state index contributed by atoms with van der Waals surface area (Å²) in [5, 5.41) is 10.2. The predicted molar refractivity (Wildman–Crippen MR) is 45.7 cm³/mol. The van der Waals surface area contributed by atoms with Gasteiger partial charge in [-0.2, -0.15) is 17.0 Å². The Morgan fingerprint density at radius 2 is 2.00 bits per heavy atom. The molecule has 6 heteroatoms. The van der Waals surface area contributed by atoms with Crippen LogP contribution in [0.1, 0.15) is 5.56 Å². The lowest BCUT2D eigenvalue weighted by molar-refractivity contribution is -0.387. The lowest BCUT2D eigenvalue weighted by atomic mass is 10.2. The second-order valence-corrected chi connectivity index (χ2v) is 2.63. The van der Waals surface area contributed by atoms with Gasteiger partial charge in [0.05, 0.1) is 4.92 Å². The molecule has 0 spiro atoms. The topological polar surface area (TPSA) is 43.1 Å². The van der Waals surface area contributed by atoms with Crippen molar-refractivity contribution < 1.29 is 13.7 Å². The van der Waals surface area contributed by atoms with E-state index in [1.165, 1.54) is 0 Å². The monoisotopic (exact) mass is 205 g/mol. The summed E-state index contributed by atoms with van der Waals surface area (Å²) in [6.07, 6.45) is 0. The molecule has 0 fully saturated rings. The second kappa shape index (κ2) is 3.69. The SMILES string of the molecule is O=[N+]([O-])c1cc(CS)c(F)cc1F. The summed E-state index contributed by atoms with van der Waals surface area (Å²) >= 11 is 3.74. The number of benzene rings is 1. The molecule has 0 amide bonds. The summed E-state index contributed by atoms with van der Waals surface area (Å²) in [5.74, 6) is -2.00. The quantitative estimate of drug-likeness (QED) is 0.457. The molecule has 0 atom stereocenters. The molecule has 0 saturated carbocycles. The van der Waals surface area contributed by atoms with Crippen LogP contribution in [0.3, 0.4) is 0 Å². The maximum Gasteiger partial charge on any atom is 0.305 e. The largest absolute Gasteiger partial charge is 0.305 e. The highest BCUT2D eigenvalue weighted by atomic mass is 32.1. The lowest BCUT2D eigenvalue weighted by Crippen LogP contribution is -1.96. The third-order valence-corrected chi connectivity index (χ3v) is 1.82. The van der Waals surface area contributed by atoms with Crippen LogP contribution >= 0.6 is 12.6 Å². The summed E-state index contributed by atoms with van der Waals surface area (Å²) in [4.78, 5) is 9.32. The van der Waals surface area contributed by atoms with Crippen molar-refractivity contribution in [3.63, 3.8) is 0 Å². The molecule has 3 nitrogen and oxygen atoms in total. The van der Waals surface area contributed by atoms with E-state index in [9.17, 15) is 18.9 Å². The minimum absolute atomic E-state index is 0.00699. The summed E-state index contributed by atoms with van der Waals surface area (Å²) in [5.41, 5.74) is -0.720.